The van der Waals surface area contributed by atoms with Crippen LogP contribution >= 0.6 is 0 Å². The Morgan fingerprint density at radius 2 is 1.69 bits per heavy atom. The van der Waals surface area contributed by atoms with Gasteiger partial charge >= 0.3 is 0 Å². The SMILES string of the molecule is O=C(CCCc1ccccc1)N1CCN(C(=O)c2ccc(NC3CC3)c([N+](=O)[O-])c2)CC1. The molecule has 8 nitrogen and oxygen atoms in total. The van der Waals surface area contributed by atoms with Gasteiger partial charge in [0.05, 0.1) is 4.92 Å². The van der Waals surface area contributed by atoms with Crippen LogP contribution < -0.4 is 5.32 Å². The lowest BCUT2D eigenvalue weighted by molar-refractivity contribution is -0.384. The van der Waals surface area contributed by atoms with Crippen molar-refractivity contribution in [2.75, 3.05) is 31.5 Å². The van der Waals surface area contributed by atoms with Gasteiger partial charge in [-0.1, -0.05) is 30.3 Å². The second-order valence-electron chi connectivity index (χ2n) is 8.42. The van der Waals surface area contributed by atoms with Crippen LogP contribution in [0.15, 0.2) is 48.5 Å². The summed E-state index contributed by atoms with van der Waals surface area (Å²) < 4.78 is 0. The van der Waals surface area contributed by atoms with Crippen LogP contribution in [0.25, 0.3) is 0 Å². The molecule has 2 fully saturated rings. The first-order valence-electron chi connectivity index (χ1n) is 11.2. The molecule has 0 aromatic heterocycles. The molecule has 1 heterocycles. The summed E-state index contributed by atoms with van der Waals surface area (Å²) in [6.07, 6.45) is 4.17. The van der Waals surface area contributed by atoms with E-state index in [-0.39, 0.29) is 23.5 Å². The highest BCUT2D eigenvalue weighted by molar-refractivity contribution is 5.96. The number of hydrogen-bond acceptors (Lipinski definition) is 5. The lowest BCUT2D eigenvalue weighted by atomic mass is 10.1. The van der Waals surface area contributed by atoms with E-state index in [1.54, 1.807) is 21.9 Å². The molecule has 1 saturated heterocycles. The van der Waals surface area contributed by atoms with E-state index in [0.29, 0.717) is 43.9 Å². The lowest BCUT2D eigenvalue weighted by Gasteiger charge is -2.35. The van der Waals surface area contributed by atoms with Gasteiger partial charge in [-0.15, -0.1) is 0 Å². The zero-order valence-corrected chi connectivity index (χ0v) is 18.0. The summed E-state index contributed by atoms with van der Waals surface area (Å²) in [6.45, 7) is 1.83. The van der Waals surface area contributed by atoms with Gasteiger partial charge in [-0.2, -0.15) is 0 Å². The molecule has 0 unspecified atom stereocenters. The normalized spacial score (nSPS) is 16.0. The van der Waals surface area contributed by atoms with Crippen LogP contribution in [0.4, 0.5) is 11.4 Å². The second kappa shape index (κ2) is 9.80. The molecule has 2 aromatic rings. The summed E-state index contributed by atoms with van der Waals surface area (Å²) >= 11 is 0. The van der Waals surface area contributed by atoms with Gasteiger partial charge in [0.15, 0.2) is 0 Å². The first-order chi connectivity index (χ1) is 15.5. The molecule has 8 heteroatoms. The van der Waals surface area contributed by atoms with Crippen LogP contribution in [0.1, 0.15) is 41.6 Å². The highest BCUT2D eigenvalue weighted by atomic mass is 16.6. The fourth-order valence-corrected chi connectivity index (χ4v) is 3.97. The number of nitrogens with one attached hydrogen (secondary N) is 1. The molecule has 4 rings (SSSR count). The Labute approximate surface area is 187 Å². The van der Waals surface area contributed by atoms with Gasteiger partial charge in [-0.3, -0.25) is 19.7 Å². The molecule has 1 aliphatic carbocycles. The minimum Gasteiger partial charge on any atom is -0.377 e. The van der Waals surface area contributed by atoms with Crippen molar-refractivity contribution in [3.05, 3.63) is 69.8 Å². The molecule has 0 atom stereocenters. The average Bonchev–Trinajstić information content (AvgIpc) is 3.63. The van der Waals surface area contributed by atoms with Crippen molar-refractivity contribution in [3.8, 4) is 0 Å². The van der Waals surface area contributed by atoms with Crippen molar-refractivity contribution in [3.63, 3.8) is 0 Å². The Balaban J connectivity index is 1.28. The zero-order chi connectivity index (χ0) is 22.5. The largest absolute Gasteiger partial charge is 0.377 e. The molecule has 2 amide bonds. The maximum Gasteiger partial charge on any atom is 0.293 e. The molecule has 2 aromatic carbocycles. The van der Waals surface area contributed by atoms with Gasteiger partial charge in [-0.05, 0) is 43.4 Å². The first kappa shape index (κ1) is 21.8. The number of nitrogens with zero attached hydrogens (tertiary/aromatic N) is 3. The van der Waals surface area contributed by atoms with Crippen LogP contribution in [0.3, 0.4) is 0 Å². The molecule has 32 heavy (non-hydrogen) atoms. The summed E-state index contributed by atoms with van der Waals surface area (Å²) in [5.41, 5.74) is 1.92. The predicted molar refractivity (Wildman–Crippen MR) is 122 cm³/mol. The molecule has 2 aliphatic rings. The number of anilines is 1. The summed E-state index contributed by atoms with van der Waals surface area (Å²) in [6, 6.07) is 15.0. The third-order valence-corrected chi connectivity index (χ3v) is 6.00. The molecular weight excluding hydrogens is 408 g/mol. The van der Waals surface area contributed by atoms with E-state index in [1.807, 2.05) is 18.2 Å². The van der Waals surface area contributed by atoms with E-state index in [2.05, 4.69) is 17.4 Å². The second-order valence-corrected chi connectivity index (χ2v) is 8.42. The van der Waals surface area contributed by atoms with Gasteiger partial charge in [0.1, 0.15) is 5.69 Å². The number of rotatable bonds is 8. The summed E-state index contributed by atoms with van der Waals surface area (Å²) in [4.78, 5) is 39.9. The maximum absolute atomic E-state index is 12.9. The fourth-order valence-electron chi connectivity index (χ4n) is 3.97. The third-order valence-electron chi connectivity index (χ3n) is 6.00. The van der Waals surface area contributed by atoms with Gasteiger partial charge in [-0.25, -0.2) is 0 Å². The number of carbonyl (C=O) groups is 2. The highest BCUT2D eigenvalue weighted by Gasteiger charge is 2.28. The van der Waals surface area contributed by atoms with E-state index in [1.165, 1.54) is 11.6 Å². The van der Waals surface area contributed by atoms with Crippen LogP contribution in [-0.4, -0.2) is 58.8 Å². The van der Waals surface area contributed by atoms with Gasteiger partial charge in [0.25, 0.3) is 11.6 Å². The lowest BCUT2D eigenvalue weighted by Crippen LogP contribution is -2.50. The Morgan fingerprint density at radius 3 is 2.34 bits per heavy atom. The fraction of sp³-hybridized carbons (Fsp3) is 0.417. The van der Waals surface area contributed by atoms with Crippen molar-refractivity contribution in [1.29, 1.82) is 0 Å². The number of carbonyl (C=O) groups excluding carboxylic acids is 2. The van der Waals surface area contributed by atoms with Gasteiger partial charge in [0.2, 0.25) is 5.91 Å². The number of aryl methyl sites for hydroxylation is 1. The average molecular weight is 437 g/mol. The monoisotopic (exact) mass is 436 g/mol. The van der Waals surface area contributed by atoms with E-state index >= 15 is 0 Å². The number of nitro groups is 1. The molecule has 0 radical (unpaired) electrons. The molecule has 1 aliphatic heterocycles. The summed E-state index contributed by atoms with van der Waals surface area (Å²) in [5.74, 6) is -0.124. The topological polar surface area (TPSA) is 95.8 Å². The Hall–Kier alpha value is -3.42. The van der Waals surface area contributed by atoms with Crippen molar-refractivity contribution in [2.24, 2.45) is 0 Å². The number of amides is 2. The summed E-state index contributed by atoms with van der Waals surface area (Å²) in [7, 11) is 0. The van der Waals surface area contributed by atoms with E-state index < -0.39 is 4.92 Å². The molecule has 0 spiro atoms. The quantitative estimate of drug-likeness (QED) is 0.505. The predicted octanol–water partition coefficient (Wildman–Crippen LogP) is 3.48. The van der Waals surface area contributed by atoms with E-state index in [4.69, 9.17) is 0 Å². The van der Waals surface area contributed by atoms with Gasteiger partial charge < -0.3 is 15.1 Å². The third kappa shape index (κ3) is 5.43. The number of piperazine rings is 1. The highest BCUT2D eigenvalue weighted by Crippen LogP contribution is 2.32. The van der Waals surface area contributed by atoms with Crippen molar-refractivity contribution in [2.45, 2.75) is 38.1 Å². The van der Waals surface area contributed by atoms with Crippen LogP contribution in [0.2, 0.25) is 0 Å². The Kier molecular flexibility index (Phi) is 6.68. The molecule has 1 saturated carbocycles. The molecule has 1 N–H and O–H groups in total. The van der Waals surface area contributed by atoms with Crippen LogP contribution in [-0.2, 0) is 11.2 Å². The first-order valence-corrected chi connectivity index (χ1v) is 11.2. The zero-order valence-electron chi connectivity index (χ0n) is 18.0. The molecule has 168 valence electrons. The number of hydrogen-bond donors (Lipinski definition) is 1. The number of benzene rings is 2. The van der Waals surface area contributed by atoms with Crippen molar-refractivity contribution >= 4 is 23.2 Å². The standard InChI is InChI=1S/C24H28N4O4/c29-23(8-4-7-18-5-2-1-3-6-18)26-13-15-27(16-14-26)24(30)19-9-12-21(25-20-10-11-20)22(17-19)28(31)32/h1-3,5-6,9,12,17,20,25H,4,7-8,10-11,13-16H2. The molecular formula is C24H28N4O4. The minimum absolute atomic E-state index is 0.0741. The van der Waals surface area contributed by atoms with Crippen LogP contribution in [0, 0.1) is 10.1 Å². The Bertz CT molecular complexity index is 983. The molecule has 0 bridgehead atoms. The minimum atomic E-state index is -0.451. The maximum atomic E-state index is 12.9. The summed E-state index contributed by atoms with van der Waals surface area (Å²) in [5, 5.41) is 14.6. The number of nitro benzene ring substituents is 1. The Morgan fingerprint density at radius 1 is 1.00 bits per heavy atom. The van der Waals surface area contributed by atoms with Crippen molar-refractivity contribution < 1.29 is 14.5 Å². The smallest absolute Gasteiger partial charge is 0.293 e. The van der Waals surface area contributed by atoms with E-state index in [9.17, 15) is 19.7 Å². The van der Waals surface area contributed by atoms with Crippen LogP contribution in [0.5, 0.6) is 0 Å². The van der Waals surface area contributed by atoms with Crippen molar-refractivity contribution in [1.82, 2.24) is 9.80 Å². The van der Waals surface area contributed by atoms with Gasteiger partial charge in [0, 0.05) is 50.3 Å². The van der Waals surface area contributed by atoms with E-state index in [0.717, 1.165) is 25.7 Å².